The number of hydrogen-bond acceptors (Lipinski definition) is 4. The van der Waals surface area contributed by atoms with Crippen molar-refractivity contribution in [2.75, 3.05) is 6.61 Å². The maximum absolute atomic E-state index is 10.5. The molecule has 0 amide bonds. The smallest absolute Gasteiger partial charge is 0.316 e. The van der Waals surface area contributed by atoms with Gasteiger partial charge in [-0.15, -0.1) is 0 Å². The Kier molecular flexibility index (Phi) is 17.2. The van der Waals surface area contributed by atoms with Crippen LogP contribution in [0.15, 0.2) is 12.7 Å². The second-order valence-electron chi connectivity index (χ2n) is 2.37. The van der Waals surface area contributed by atoms with Gasteiger partial charge in [0, 0.05) is 6.92 Å². The average Bonchev–Trinajstić information content (AvgIpc) is 1.98. The standard InChI is InChI=1S/C7H10O3.C2H4O2.Mg.2H/c1-3-4-10-7(9)5-6(2)8;1-2(3)4;;;/h3H,1,4-5H2,2H3;1H3,(H,3,4);;;. The molecule has 0 aliphatic heterocycles. The van der Waals surface area contributed by atoms with Crippen molar-refractivity contribution >= 4 is 40.8 Å². The lowest BCUT2D eigenvalue weighted by atomic mass is 10.3. The quantitative estimate of drug-likeness (QED) is 0.314. The zero-order chi connectivity index (χ0) is 11.6. The topological polar surface area (TPSA) is 80.7 Å². The SMILES string of the molecule is C=CCOC(=O)CC(C)=O.CC(=O)O.[MgH2]. The molecule has 0 rings (SSSR count). The molecule has 15 heavy (non-hydrogen) atoms. The molecule has 84 valence electrons. The van der Waals surface area contributed by atoms with Crippen LogP contribution < -0.4 is 0 Å². The van der Waals surface area contributed by atoms with E-state index in [4.69, 9.17) is 9.90 Å². The summed E-state index contributed by atoms with van der Waals surface area (Å²) >= 11 is 0. The number of rotatable bonds is 4. The van der Waals surface area contributed by atoms with E-state index in [1.807, 2.05) is 0 Å². The third-order valence-electron chi connectivity index (χ3n) is 0.755. The van der Waals surface area contributed by atoms with Crippen molar-refractivity contribution in [3.63, 3.8) is 0 Å². The molecule has 0 aromatic heterocycles. The van der Waals surface area contributed by atoms with Crippen molar-refractivity contribution in [3.8, 4) is 0 Å². The molecule has 0 aliphatic carbocycles. The maximum Gasteiger partial charge on any atom is 0.316 e. The van der Waals surface area contributed by atoms with Crippen LogP contribution in [0, 0.1) is 0 Å². The van der Waals surface area contributed by atoms with Crippen LogP contribution in [0.2, 0.25) is 0 Å². The second kappa shape index (κ2) is 13.1. The molecule has 0 spiro atoms. The Morgan fingerprint density at radius 1 is 1.33 bits per heavy atom. The van der Waals surface area contributed by atoms with Gasteiger partial charge in [0.15, 0.2) is 0 Å². The van der Waals surface area contributed by atoms with Gasteiger partial charge in [-0.05, 0) is 6.92 Å². The maximum atomic E-state index is 10.5. The average molecular weight is 229 g/mol. The van der Waals surface area contributed by atoms with E-state index in [1.165, 1.54) is 13.0 Å². The van der Waals surface area contributed by atoms with E-state index >= 15 is 0 Å². The van der Waals surface area contributed by atoms with Gasteiger partial charge in [0.2, 0.25) is 0 Å². The Hall–Kier alpha value is -0.884. The summed E-state index contributed by atoms with van der Waals surface area (Å²) in [5, 5.41) is 7.42. The highest BCUT2D eigenvalue weighted by Crippen LogP contribution is 1.87. The van der Waals surface area contributed by atoms with Crippen molar-refractivity contribution in [2.45, 2.75) is 20.3 Å². The Morgan fingerprint density at radius 3 is 2.00 bits per heavy atom. The molecule has 0 bridgehead atoms. The van der Waals surface area contributed by atoms with Crippen LogP contribution in [0.3, 0.4) is 0 Å². The monoisotopic (exact) mass is 228 g/mol. The van der Waals surface area contributed by atoms with Crippen LogP contribution >= 0.6 is 0 Å². The molecule has 0 unspecified atom stereocenters. The molecule has 1 N–H and O–H groups in total. The summed E-state index contributed by atoms with van der Waals surface area (Å²) in [6, 6.07) is 0. The highest BCUT2D eigenvalue weighted by Gasteiger charge is 2.03. The third kappa shape index (κ3) is 32.0. The Balaban J connectivity index is -0.000000249. The van der Waals surface area contributed by atoms with Gasteiger partial charge < -0.3 is 9.84 Å². The summed E-state index contributed by atoms with van der Waals surface area (Å²) in [6.45, 7) is 5.95. The molecule has 5 nitrogen and oxygen atoms in total. The molecule has 0 saturated heterocycles. The summed E-state index contributed by atoms with van der Waals surface area (Å²) in [7, 11) is 0. The minimum absolute atomic E-state index is 0. The van der Waals surface area contributed by atoms with Crippen LogP contribution in [-0.2, 0) is 19.1 Å². The lowest BCUT2D eigenvalue weighted by Crippen LogP contribution is -2.08. The minimum atomic E-state index is -0.833. The molecular weight excluding hydrogens is 212 g/mol. The fraction of sp³-hybridized carbons (Fsp3) is 0.444. The molecule has 6 heteroatoms. The van der Waals surface area contributed by atoms with Gasteiger partial charge in [0.25, 0.3) is 5.97 Å². The predicted octanol–water partition coefficient (Wildman–Crippen LogP) is -0.131. The van der Waals surface area contributed by atoms with E-state index in [0.29, 0.717) is 0 Å². The van der Waals surface area contributed by atoms with E-state index < -0.39 is 11.9 Å². The molecule has 0 aromatic rings. The first-order valence-corrected chi connectivity index (χ1v) is 3.85. The molecule has 0 radical (unpaired) electrons. The van der Waals surface area contributed by atoms with Crippen LogP contribution in [0.25, 0.3) is 0 Å². The number of carbonyl (C=O) groups is 3. The van der Waals surface area contributed by atoms with Crippen molar-refractivity contribution in [3.05, 3.63) is 12.7 Å². The molecule has 0 aliphatic rings. The highest BCUT2D eigenvalue weighted by molar-refractivity contribution is 5.94. The van der Waals surface area contributed by atoms with E-state index in [9.17, 15) is 9.59 Å². The number of esters is 1. The zero-order valence-electron chi connectivity index (χ0n) is 8.28. The summed E-state index contributed by atoms with van der Waals surface area (Å²) < 4.78 is 4.52. The zero-order valence-corrected chi connectivity index (χ0v) is 8.28. The highest BCUT2D eigenvalue weighted by atomic mass is 24.3. The number of hydrogen-bond donors (Lipinski definition) is 1. The van der Waals surface area contributed by atoms with Crippen LogP contribution in [0.1, 0.15) is 20.3 Å². The molecule has 0 fully saturated rings. The van der Waals surface area contributed by atoms with Gasteiger partial charge in [-0.1, -0.05) is 12.7 Å². The first-order valence-electron chi connectivity index (χ1n) is 3.85. The normalized spacial score (nSPS) is 7.33. The van der Waals surface area contributed by atoms with Gasteiger partial charge in [-0.3, -0.25) is 14.4 Å². The van der Waals surface area contributed by atoms with Crippen molar-refractivity contribution in [1.82, 2.24) is 0 Å². The largest absolute Gasteiger partial charge is 0.481 e. The van der Waals surface area contributed by atoms with Gasteiger partial charge >= 0.3 is 29.0 Å². The molecular formula is C9H16MgO5. The fourth-order valence-corrected chi connectivity index (χ4v) is 0.406. The number of carboxylic acid groups (broad SMARTS) is 1. The summed E-state index contributed by atoms with van der Waals surface area (Å²) in [6.07, 6.45) is 1.31. The molecule has 0 atom stereocenters. The van der Waals surface area contributed by atoms with E-state index in [2.05, 4.69) is 11.3 Å². The van der Waals surface area contributed by atoms with Gasteiger partial charge in [-0.2, -0.15) is 0 Å². The van der Waals surface area contributed by atoms with E-state index in [0.717, 1.165) is 6.92 Å². The second-order valence-corrected chi connectivity index (χ2v) is 2.37. The Labute approximate surface area is 105 Å². The predicted molar refractivity (Wildman–Crippen MR) is 58.3 cm³/mol. The Morgan fingerprint density at radius 2 is 1.73 bits per heavy atom. The summed E-state index contributed by atoms with van der Waals surface area (Å²) in [5.41, 5.74) is 0. The lowest BCUT2D eigenvalue weighted by molar-refractivity contribution is -0.144. The minimum Gasteiger partial charge on any atom is -0.481 e. The van der Waals surface area contributed by atoms with Crippen LogP contribution in [-0.4, -0.2) is 52.5 Å². The third-order valence-corrected chi connectivity index (χ3v) is 0.755. The van der Waals surface area contributed by atoms with Crippen LogP contribution in [0.4, 0.5) is 0 Å². The lowest BCUT2D eigenvalue weighted by Gasteiger charge is -1.96. The van der Waals surface area contributed by atoms with Crippen molar-refractivity contribution in [2.24, 2.45) is 0 Å². The molecule has 0 heterocycles. The molecule has 0 aromatic carbocycles. The number of carbonyl (C=O) groups excluding carboxylic acids is 2. The van der Waals surface area contributed by atoms with Crippen molar-refractivity contribution in [1.29, 1.82) is 0 Å². The number of ketones is 1. The summed E-state index contributed by atoms with van der Waals surface area (Å²) in [4.78, 5) is 29.8. The van der Waals surface area contributed by atoms with Gasteiger partial charge in [0.1, 0.15) is 18.8 Å². The van der Waals surface area contributed by atoms with E-state index in [1.54, 1.807) is 0 Å². The molecule has 0 saturated carbocycles. The number of ether oxygens (including phenoxy) is 1. The summed E-state index contributed by atoms with van der Waals surface area (Å²) in [5.74, 6) is -1.51. The van der Waals surface area contributed by atoms with Crippen molar-refractivity contribution < 1.29 is 24.2 Å². The Bertz CT molecular complexity index is 221. The first kappa shape index (κ1) is 19.7. The van der Waals surface area contributed by atoms with Crippen LogP contribution in [0.5, 0.6) is 0 Å². The number of aliphatic carboxylic acids is 1. The van der Waals surface area contributed by atoms with Gasteiger partial charge in [-0.25, -0.2) is 0 Å². The fourth-order valence-electron chi connectivity index (χ4n) is 0.406. The first-order chi connectivity index (χ1) is 6.40. The number of carboxylic acids is 1. The number of Topliss-reactive ketones (excluding diaryl/α,β-unsaturated/α-hetero) is 1. The van der Waals surface area contributed by atoms with Gasteiger partial charge in [0.05, 0.1) is 0 Å². The van der Waals surface area contributed by atoms with E-state index in [-0.39, 0.29) is 41.9 Å².